The van der Waals surface area contributed by atoms with Crippen molar-refractivity contribution in [3.05, 3.63) is 28.5 Å². The van der Waals surface area contributed by atoms with Gasteiger partial charge >= 0.3 is 0 Å². The molecule has 0 amide bonds. The van der Waals surface area contributed by atoms with E-state index in [4.69, 9.17) is 17.3 Å². The molecule has 1 aromatic rings. The highest BCUT2D eigenvalue weighted by molar-refractivity contribution is 6.32. The Morgan fingerprint density at radius 3 is 2.79 bits per heavy atom. The average Bonchev–Trinajstić information content (AvgIpc) is 2.08. The predicted molar refractivity (Wildman–Crippen MR) is 55.0 cm³/mol. The van der Waals surface area contributed by atoms with Crippen LogP contribution >= 0.6 is 11.6 Å². The normalized spacial score (nSPS) is 12.9. The molecular formula is C10H13ClFNO. The van der Waals surface area contributed by atoms with Crippen molar-refractivity contribution < 1.29 is 9.50 Å². The fourth-order valence-corrected chi connectivity index (χ4v) is 1.42. The third-order valence-electron chi connectivity index (χ3n) is 1.98. The van der Waals surface area contributed by atoms with Gasteiger partial charge in [-0.3, -0.25) is 0 Å². The molecule has 0 fully saturated rings. The van der Waals surface area contributed by atoms with Crippen molar-refractivity contribution in [3.63, 3.8) is 0 Å². The van der Waals surface area contributed by atoms with Gasteiger partial charge in [-0.25, -0.2) is 4.39 Å². The number of hydrogen-bond donors (Lipinski definition) is 2. The Balaban J connectivity index is 2.85. The summed E-state index contributed by atoms with van der Waals surface area (Å²) in [5.41, 5.74) is 6.06. The molecule has 0 spiro atoms. The predicted octanol–water partition coefficient (Wildman–Crippen LogP) is 2.46. The maximum atomic E-state index is 12.9. The molecule has 0 heterocycles. The topological polar surface area (TPSA) is 46.2 Å². The first kappa shape index (κ1) is 11.3. The third-order valence-corrected chi connectivity index (χ3v) is 2.26. The van der Waals surface area contributed by atoms with E-state index in [1.165, 1.54) is 6.07 Å². The molecule has 2 nitrogen and oxygen atoms in total. The summed E-state index contributed by atoms with van der Waals surface area (Å²) in [6.45, 7) is 1.86. The van der Waals surface area contributed by atoms with Crippen molar-refractivity contribution in [2.75, 3.05) is 0 Å². The molecule has 1 rings (SSSR count). The van der Waals surface area contributed by atoms with Gasteiger partial charge in [-0.15, -0.1) is 0 Å². The van der Waals surface area contributed by atoms with E-state index in [-0.39, 0.29) is 16.8 Å². The van der Waals surface area contributed by atoms with E-state index in [2.05, 4.69) is 0 Å². The highest BCUT2D eigenvalue weighted by Crippen LogP contribution is 2.29. The maximum absolute atomic E-state index is 12.9. The van der Waals surface area contributed by atoms with Crippen LogP contribution in [0.25, 0.3) is 0 Å². The van der Waals surface area contributed by atoms with Gasteiger partial charge in [0.15, 0.2) is 0 Å². The molecule has 3 N–H and O–H groups in total. The van der Waals surface area contributed by atoms with Gasteiger partial charge in [0.25, 0.3) is 0 Å². The first-order chi connectivity index (χ1) is 6.50. The molecule has 78 valence electrons. The van der Waals surface area contributed by atoms with Crippen molar-refractivity contribution in [3.8, 4) is 5.75 Å². The van der Waals surface area contributed by atoms with E-state index < -0.39 is 5.82 Å². The van der Waals surface area contributed by atoms with Gasteiger partial charge in [0, 0.05) is 6.04 Å². The SMILES string of the molecule is CC(N)CCc1cc(F)cc(Cl)c1O. The van der Waals surface area contributed by atoms with Gasteiger partial charge in [0.05, 0.1) is 5.02 Å². The number of phenols is 1. The second-order valence-corrected chi connectivity index (χ2v) is 3.82. The lowest BCUT2D eigenvalue weighted by molar-refractivity contribution is 0.463. The summed E-state index contributed by atoms with van der Waals surface area (Å²) in [5, 5.41) is 9.54. The van der Waals surface area contributed by atoms with Crippen molar-refractivity contribution in [1.29, 1.82) is 0 Å². The second-order valence-electron chi connectivity index (χ2n) is 3.41. The fourth-order valence-electron chi connectivity index (χ4n) is 1.19. The largest absolute Gasteiger partial charge is 0.506 e. The molecule has 14 heavy (non-hydrogen) atoms. The fraction of sp³-hybridized carbons (Fsp3) is 0.400. The molecule has 0 bridgehead atoms. The number of rotatable bonds is 3. The number of phenolic OH excluding ortho intramolecular Hbond substituents is 1. The standard InChI is InChI=1S/C10H13ClFNO/c1-6(13)2-3-7-4-8(12)5-9(11)10(7)14/h4-6,14H,2-3,13H2,1H3. The van der Waals surface area contributed by atoms with Crippen LogP contribution < -0.4 is 5.73 Å². The summed E-state index contributed by atoms with van der Waals surface area (Å²) >= 11 is 5.61. The molecule has 0 aliphatic rings. The Hall–Kier alpha value is -0.800. The minimum Gasteiger partial charge on any atom is -0.506 e. The molecule has 0 saturated heterocycles. The maximum Gasteiger partial charge on any atom is 0.137 e. The Labute approximate surface area is 87.5 Å². The highest BCUT2D eigenvalue weighted by Gasteiger charge is 2.08. The molecule has 4 heteroatoms. The smallest absolute Gasteiger partial charge is 0.137 e. The average molecular weight is 218 g/mol. The number of aromatic hydroxyl groups is 1. The van der Waals surface area contributed by atoms with Crippen LogP contribution in [0.2, 0.25) is 5.02 Å². The molecule has 0 aromatic heterocycles. The number of hydrogen-bond acceptors (Lipinski definition) is 2. The zero-order valence-electron chi connectivity index (χ0n) is 7.93. The second kappa shape index (κ2) is 4.62. The van der Waals surface area contributed by atoms with Gasteiger partial charge in [0.2, 0.25) is 0 Å². The van der Waals surface area contributed by atoms with Crippen LogP contribution in [0.5, 0.6) is 5.75 Å². The van der Waals surface area contributed by atoms with Crippen LogP contribution in [-0.2, 0) is 6.42 Å². The lowest BCUT2D eigenvalue weighted by atomic mass is 10.1. The summed E-state index contributed by atoms with van der Waals surface area (Å²) in [6.07, 6.45) is 1.22. The van der Waals surface area contributed by atoms with Gasteiger partial charge in [-0.05, 0) is 37.5 Å². The summed E-state index contributed by atoms with van der Waals surface area (Å²) < 4.78 is 12.9. The van der Waals surface area contributed by atoms with Crippen molar-refractivity contribution >= 4 is 11.6 Å². The van der Waals surface area contributed by atoms with Crippen LogP contribution in [0.3, 0.4) is 0 Å². The lowest BCUT2D eigenvalue weighted by Crippen LogP contribution is -2.15. The zero-order chi connectivity index (χ0) is 10.7. The molecule has 1 aromatic carbocycles. The Morgan fingerprint density at radius 2 is 2.21 bits per heavy atom. The minimum atomic E-state index is -0.438. The molecule has 0 saturated carbocycles. The van der Waals surface area contributed by atoms with Crippen LogP contribution in [0, 0.1) is 5.82 Å². The van der Waals surface area contributed by atoms with E-state index in [9.17, 15) is 9.50 Å². The van der Waals surface area contributed by atoms with Crippen LogP contribution in [0.15, 0.2) is 12.1 Å². The van der Waals surface area contributed by atoms with Crippen molar-refractivity contribution in [2.45, 2.75) is 25.8 Å². The quantitative estimate of drug-likeness (QED) is 0.817. The Kier molecular flexibility index (Phi) is 3.72. The number of benzene rings is 1. The van der Waals surface area contributed by atoms with Crippen LogP contribution in [0.4, 0.5) is 4.39 Å². The summed E-state index contributed by atoms with van der Waals surface area (Å²) in [7, 11) is 0. The summed E-state index contributed by atoms with van der Waals surface area (Å²) in [5.74, 6) is -0.485. The number of nitrogens with two attached hydrogens (primary N) is 1. The highest BCUT2D eigenvalue weighted by atomic mass is 35.5. The van der Waals surface area contributed by atoms with Gasteiger partial charge in [-0.2, -0.15) is 0 Å². The first-order valence-corrected chi connectivity index (χ1v) is 4.81. The number of halogens is 2. The van der Waals surface area contributed by atoms with Gasteiger partial charge in [-0.1, -0.05) is 11.6 Å². The van der Waals surface area contributed by atoms with Crippen LogP contribution in [0.1, 0.15) is 18.9 Å². The van der Waals surface area contributed by atoms with Crippen molar-refractivity contribution in [2.24, 2.45) is 5.73 Å². The third kappa shape index (κ3) is 2.86. The Bertz CT molecular complexity index is 328. The zero-order valence-corrected chi connectivity index (χ0v) is 8.68. The molecule has 0 aliphatic carbocycles. The Morgan fingerprint density at radius 1 is 1.57 bits per heavy atom. The number of aryl methyl sites for hydroxylation is 1. The molecule has 1 atom stereocenters. The summed E-state index contributed by atoms with van der Waals surface area (Å²) in [4.78, 5) is 0. The van der Waals surface area contributed by atoms with E-state index in [1.54, 1.807) is 0 Å². The lowest BCUT2D eigenvalue weighted by Gasteiger charge is -2.08. The van der Waals surface area contributed by atoms with Crippen LogP contribution in [-0.4, -0.2) is 11.1 Å². The van der Waals surface area contributed by atoms with E-state index >= 15 is 0 Å². The van der Waals surface area contributed by atoms with E-state index in [1.807, 2.05) is 6.92 Å². The van der Waals surface area contributed by atoms with Gasteiger partial charge in [0.1, 0.15) is 11.6 Å². The first-order valence-electron chi connectivity index (χ1n) is 4.43. The van der Waals surface area contributed by atoms with E-state index in [0.717, 1.165) is 6.07 Å². The summed E-state index contributed by atoms with van der Waals surface area (Å²) in [6, 6.07) is 2.40. The van der Waals surface area contributed by atoms with E-state index in [0.29, 0.717) is 18.4 Å². The van der Waals surface area contributed by atoms with Gasteiger partial charge < -0.3 is 10.8 Å². The monoisotopic (exact) mass is 217 g/mol. The molecule has 0 radical (unpaired) electrons. The minimum absolute atomic E-state index is 0.0245. The molecule has 1 unspecified atom stereocenters. The molecule has 0 aliphatic heterocycles. The van der Waals surface area contributed by atoms with Crippen molar-refractivity contribution in [1.82, 2.24) is 0 Å². The molecular weight excluding hydrogens is 205 g/mol.